The molecule has 0 aliphatic carbocycles. The summed E-state index contributed by atoms with van der Waals surface area (Å²) >= 11 is 3.39. The van der Waals surface area contributed by atoms with E-state index in [4.69, 9.17) is 5.11 Å². The molecule has 1 heterocycles. The first-order valence-electron chi connectivity index (χ1n) is 6.84. The van der Waals surface area contributed by atoms with Gasteiger partial charge in [-0.3, -0.25) is 9.59 Å². The smallest absolute Gasteiger partial charge is 0.305 e. The Balaban J connectivity index is 2.16. The summed E-state index contributed by atoms with van der Waals surface area (Å²) in [4.78, 5) is 24.5. The quantitative estimate of drug-likeness (QED) is 0.853. The van der Waals surface area contributed by atoms with Crippen LogP contribution >= 0.6 is 15.9 Å². The van der Waals surface area contributed by atoms with Gasteiger partial charge in [0.15, 0.2) is 5.69 Å². The number of aliphatic carboxylic acids is 1. The number of hydrogen-bond donors (Lipinski definition) is 1. The Morgan fingerprint density at radius 1 is 1.36 bits per heavy atom. The number of nitrogens with zero attached hydrogens (tertiary/aromatic N) is 3. The van der Waals surface area contributed by atoms with Crippen LogP contribution in [0.25, 0.3) is 5.69 Å². The van der Waals surface area contributed by atoms with Crippen molar-refractivity contribution in [2.75, 3.05) is 13.1 Å². The molecule has 1 N–H and O–H groups in total. The van der Waals surface area contributed by atoms with E-state index in [9.17, 15) is 9.59 Å². The molecule has 0 bridgehead atoms. The van der Waals surface area contributed by atoms with Crippen LogP contribution in [0, 0.1) is 0 Å². The van der Waals surface area contributed by atoms with Gasteiger partial charge in [-0.05, 0) is 31.2 Å². The second kappa shape index (κ2) is 7.22. The fourth-order valence-corrected chi connectivity index (χ4v) is 2.38. The molecule has 0 radical (unpaired) electrons. The van der Waals surface area contributed by atoms with Crippen molar-refractivity contribution in [2.45, 2.75) is 13.3 Å². The van der Waals surface area contributed by atoms with Crippen LogP contribution in [0.3, 0.4) is 0 Å². The predicted molar refractivity (Wildman–Crippen MR) is 85.1 cm³/mol. The van der Waals surface area contributed by atoms with Crippen molar-refractivity contribution in [3.05, 3.63) is 46.7 Å². The Hall–Kier alpha value is -2.15. The summed E-state index contributed by atoms with van der Waals surface area (Å²) in [5.41, 5.74) is 1.13. The normalized spacial score (nSPS) is 10.5. The molecule has 6 nitrogen and oxygen atoms in total. The second-order valence-electron chi connectivity index (χ2n) is 4.65. The summed E-state index contributed by atoms with van der Waals surface area (Å²) < 4.78 is 2.54. The zero-order valence-corrected chi connectivity index (χ0v) is 13.7. The first-order chi connectivity index (χ1) is 10.5. The third-order valence-electron chi connectivity index (χ3n) is 3.15. The lowest BCUT2D eigenvalue weighted by Crippen LogP contribution is -2.33. The Bertz CT molecular complexity index is 684. The molecule has 0 aliphatic heterocycles. The van der Waals surface area contributed by atoms with Crippen molar-refractivity contribution < 1.29 is 14.7 Å². The number of rotatable bonds is 6. The summed E-state index contributed by atoms with van der Waals surface area (Å²) in [5, 5.41) is 13.0. The third-order valence-corrected chi connectivity index (χ3v) is 3.64. The number of carbonyl (C=O) groups excluding carboxylic acids is 1. The molecule has 116 valence electrons. The van der Waals surface area contributed by atoms with E-state index in [1.165, 1.54) is 4.90 Å². The number of hydrogen-bond acceptors (Lipinski definition) is 3. The predicted octanol–water partition coefficient (Wildman–Crippen LogP) is 2.57. The van der Waals surface area contributed by atoms with Crippen molar-refractivity contribution >= 4 is 27.8 Å². The number of amides is 1. The van der Waals surface area contributed by atoms with Gasteiger partial charge in [-0.1, -0.05) is 22.0 Å². The van der Waals surface area contributed by atoms with Gasteiger partial charge in [0.25, 0.3) is 5.91 Å². The first kappa shape index (κ1) is 16.2. The minimum Gasteiger partial charge on any atom is -0.481 e. The van der Waals surface area contributed by atoms with E-state index in [1.807, 2.05) is 31.2 Å². The fraction of sp³-hybridized carbons (Fsp3) is 0.267. The molecule has 0 saturated heterocycles. The summed E-state index contributed by atoms with van der Waals surface area (Å²) in [5.74, 6) is -1.19. The number of carboxylic acids is 1. The van der Waals surface area contributed by atoms with E-state index < -0.39 is 5.97 Å². The Kier molecular flexibility index (Phi) is 5.32. The van der Waals surface area contributed by atoms with Crippen LogP contribution in [-0.2, 0) is 4.79 Å². The average molecular weight is 366 g/mol. The molecule has 1 amide bonds. The molecule has 7 heteroatoms. The SMILES string of the molecule is CCN(CCC(=O)O)C(=O)c1ccn(-c2cccc(Br)c2)n1. The van der Waals surface area contributed by atoms with Gasteiger partial charge in [0.05, 0.1) is 12.1 Å². The molecule has 0 saturated carbocycles. The summed E-state index contributed by atoms with van der Waals surface area (Å²) in [7, 11) is 0. The standard InChI is InChI=1S/C15H16BrN3O3/c1-2-18(8-7-14(20)21)15(22)13-6-9-19(17-13)12-5-3-4-11(16)10-12/h3-6,9-10H,2,7-8H2,1H3,(H,20,21). The Morgan fingerprint density at radius 3 is 2.77 bits per heavy atom. The van der Waals surface area contributed by atoms with Crippen LogP contribution in [0.15, 0.2) is 41.0 Å². The second-order valence-corrected chi connectivity index (χ2v) is 5.57. The number of halogens is 1. The highest BCUT2D eigenvalue weighted by Crippen LogP contribution is 2.15. The topological polar surface area (TPSA) is 75.4 Å². The number of benzene rings is 1. The van der Waals surface area contributed by atoms with Gasteiger partial charge in [-0.25, -0.2) is 4.68 Å². The summed E-state index contributed by atoms with van der Waals surface area (Å²) in [6.45, 7) is 2.43. The zero-order valence-electron chi connectivity index (χ0n) is 12.1. The maximum absolute atomic E-state index is 12.3. The van der Waals surface area contributed by atoms with Crippen molar-refractivity contribution in [1.82, 2.24) is 14.7 Å². The highest BCUT2D eigenvalue weighted by atomic mass is 79.9. The number of carboxylic acid groups (broad SMARTS) is 1. The molecule has 1 aromatic carbocycles. The summed E-state index contributed by atoms with van der Waals surface area (Å²) in [6, 6.07) is 9.20. The van der Waals surface area contributed by atoms with E-state index in [0.29, 0.717) is 12.2 Å². The number of aromatic nitrogens is 2. The average Bonchev–Trinajstić information content (AvgIpc) is 2.97. The minimum atomic E-state index is -0.925. The van der Waals surface area contributed by atoms with E-state index >= 15 is 0 Å². The molecule has 22 heavy (non-hydrogen) atoms. The number of carbonyl (C=O) groups is 2. The molecule has 0 aliphatic rings. The Labute approximate surface area is 136 Å². The van der Waals surface area contributed by atoms with Gasteiger partial charge < -0.3 is 10.0 Å². The van der Waals surface area contributed by atoms with Crippen molar-refractivity contribution in [1.29, 1.82) is 0 Å². The molecular formula is C15H16BrN3O3. The van der Waals surface area contributed by atoms with E-state index in [-0.39, 0.29) is 18.9 Å². The lowest BCUT2D eigenvalue weighted by molar-refractivity contribution is -0.137. The van der Waals surface area contributed by atoms with E-state index in [0.717, 1.165) is 10.2 Å². The molecular weight excluding hydrogens is 350 g/mol. The first-order valence-corrected chi connectivity index (χ1v) is 7.63. The third kappa shape index (κ3) is 3.94. The van der Waals surface area contributed by atoms with E-state index in [2.05, 4.69) is 21.0 Å². The minimum absolute atomic E-state index is 0.0775. The molecule has 0 spiro atoms. The molecule has 1 aromatic heterocycles. The van der Waals surface area contributed by atoms with E-state index in [1.54, 1.807) is 16.9 Å². The van der Waals surface area contributed by atoms with Gasteiger partial charge in [0, 0.05) is 23.8 Å². The maximum Gasteiger partial charge on any atom is 0.305 e. The van der Waals surface area contributed by atoms with Crippen LogP contribution in [0.2, 0.25) is 0 Å². The van der Waals surface area contributed by atoms with Gasteiger partial charge >= 0.3 is 5.97 Å². The van der Waals surface area contributed by atoms with Crippen LogP contribution < -0.4 is 0 Å². The van der Waals surface area contributed by atoms with Crippen LogP contribution in [0.5, 0.6) is 0 Å². The lowest BCUT2D eigenvalue weighted by Gasteiger charge is -2.18. The van der Waals surface area contributed by atoms with Crippen molar-refractivity contribution in [3.63, 3.8) is 0 Å². The monoisotopic (exact) mass is 365 g/mol. The zero-order chi connectivity index (χ0) is 16.1. The van der Waals surface area contributed by atoms with Crippen LogP contribution in [-0.4, -0.2) is 44.8 Å². The van der Waals surface area contributed by atoms with Crippen molar-refractivity contribution in [2.24, 2.45) is 0 Å². The molecule has 0 unspecified atom stereocenters. The largest absolute Gasteiger partial charge is 0.481 e. The lowest BCUT2D eigenvalue weighted by atomic mass is 10.3. The maximum atomic E-state index is 12.3. The van der Waals surface area contributed by atoms with Crippen LogP contribution in [0.1, 0.15) is 23.8 Å². The summed E-state index contributed by atoms with van der Waals surface area (Å²) in [6.07, 6.45) is 1.63. The highest BCUT2D eigenvalue weighted by molar-refractivity contribution is 9.10. The van der Waals surface area contributed by atoms with Gasteiger partial charge in [-0.2, -0.15) is 5.10 Å². The molecule has 2 rings (SSSR count). The fourth-order valence-electron chi connectivity index (χ4n) is 2.00. The Morgan fingerprint density at radius 2 is 2.14 bits per heavy atom. The van der Waals surface area contributed by atoms with Gasteiger partial charge in [0.1, 0.15) is 0 Å². The van der Waals surface area contributed by atoms with Gasteiger partial charge in [0.2, 0.25) is 0 Å². The molecule has 2 aromatic rings. The van der Waals surface area contributed by atoms with Crippen LogP contribution in [0.4, 0.5) is 0 Å². The molecule has 0 fully saturated rings. The highest BCUT2D eigenvalue weighted by Gasteiger charge is 2.18. The van der Waals surface area contributed by atoms with Gasteiger partial charge in [-0.15, -0.1) is 0 Å². The van der Waals surface area contributed by atoms with Crippen molar-refractivity contribution in [3.8, 4) is 5.69 Å². The molecule has 0 atom stereocenters.